The fourth-order valence-corrected chi connectivity index (χ4v) is 3.46. The van der Waals surface area contributed by atoms with Gasteiger partial charge in [-0.15, -0.1) is 0 Å². The number of hydrogen-bond acceptors (Lipinski definition) is 4. The van der Waals surface area contributed by atoms with Gasteiger partial charge in [0, 0.05) is 0 Å². The number of hydrogen-bond donors (Lipinski definition) is 0. The maximum atomic E-state index is 11.8. The molecule has 0 aromatic rings. The molecule has 4 atom stereocenters. The SMILES string of the molecule is COC(=O)C1C2CCCC(C2)C1C(=O)OC. The summed E-state index contributed by atoms with van der Waals surface area (Å²) in [5.41, 5.74) is 0. The number of esters is 2. The molecule has 0 spiro atoms. The normalized spacial score (nSPS) is 36.9. The Kier molecular flexibility index (Phi) is 3.17. The predicted molar refractivity (Wildman–Crippen MR) is 56.5 cm³/mol. The first-order valence-corrected chi connectivity index (χ1v) is 5.84. The van der Waals surface area contributed by atoms with Gasteiger partial charge in [-0.1, -0.05) is 6.42 Å². The average Bonchev–Trinajstić information content (AvgIpc) is 2.58. The van der Waals surface area contributed by atoms with Gasteiger partial charge < -0.3 is 9.47 Å². The third kappa shape index (κ3) is 1.70. The van der Waals surface area contributed by atoms with Gasteiger partial charge in [-0.2, -0.15) is 0 Å². The summed E-state index contributed by atoms with van der Waals surface area (Å²) in [5.74, 6) is -0.407. The van der Waals surface area contributed by atoms with Crippen LogP contribution in [0.15, 0.2) is 0 Å². The lowest BCUT2D eigenvalue weighted by molar-refractivity contribution is -0.158. The zero-order valence-corrected chi connectivity index (χ0v) is 9.77. The highest BCUT2D eigenvalue weighted by Crippen LogP contribution is 2.50. The zero-order valence-electron chi connectivity index (χ0n) is 9.77. The quantitative estimate of drug-likeness (QED) is 0.667. The summed E-state index contributed by atoms with van der Waals surface area (Å²) in [5, 5.41) is 0. The van der Waals surface area contributed by atoms with Gasteiger partial charge >= 0.3 is 11.9 Å². The third-order valence-electron chi connectivity index (χ3n) is 4.10. The zero-order chi connectivity index (χ0) is 11.7. The van der Waals surface area contributed by atoms with Crippen molar-refractivity contribution in [3.63, 3.8) is 0 Å². The van der Waals surface area contributed by atoms with E-state index in [0.29, 0.717) is 11.8 Å². The van der Waals surface area contributed by atoms with Gasteiger partial charge in [0.05, 0.1) is 26.1 Å². The average molecular weight is 226 g/mol. The lowest BCUT2D eigenvalue weighted by atomic mass is 9.87. The van der Waals surface area contributed by atoms with E-state index in [0.717, 1.165) is 25.7 Å². The smallest absolute Gasteiger partial charge is 0.309 e. The second-order valence-electron chi connectivity index (χ2n) is 4.78. The summed E-state index contributed by atoms with van der Waals surface area (Å²) < 4.78 is 9.64. The Labute approximate surface area is 95.3 Å². The minimum absolute atomic E-state index is 0.246. The standard InChI is InChI=1S/C12H18O4/c1-15-11(13)9-7-4-3-5-8(6-7)10(9)12(14)16-2/h7-10H,3-6H2,1-2H3. The van der Waals surface area contributed by atoms with Crippen LogP contribution in [-0.2, 0) is 19.1 Å². The molecule has 0 aliphatic heterocycles. The van der Waals surface area contributed by atoms with E-state index < -0.39 is 0 Å². The topological polar surface area (TPSA) is 52.6 Å². The van der Waals surface area contributed by atoms with Crippen LogP contribution in [0.2, 0.25) is 0 Å². The van der Waals surface area contributed by atoms with Gasteiger partial charge in [0.2, 0.25) is 0 Å². The molecule has 2 aliphatic carbocycles. The number of fused-ring (bicyclic) bond motifs is 2. The molecule has 4 heteroatoms. The van der Waals surface area contributed by atoms with Gasteiger partial charge in [0.1, 0.15) is 0 Å². The Bertz CT molecular complexity index is 271. The maximum absolute atomic E-state index is 11.8. The maximum Gasteiger partial charge on any atom is 0.309 e. The van der Waals surface area contributed by atoms with Crippen molar-refractivity contribution in [3.8, 4) is 0 Å². The van der Waals surface area contributed by atoms with E-state index >= 15 is 0 Å². The largest absolute Gasteiger partial charge is 0.469 e. The Morgan fingerprint density at radius 2 is 1.38 bits per heavy atom. The summed E-state index contributed by atoms with van der Waals surface area (Å²) in [6.45, 7) is 0. The first-order valence-electron chi connectivity index (χ1n) is 5.84. The van der Waals surface area contributed by atoms with Crippen molar-refractivity contribution in [1.82, 2.24) is 0 Å². The Balaban J connectivity index is 2.24. The van der Waals surface area contributed by atoms with E-state index in [1.54, 1.807) is 0 Å². The molecule has 0 N–H and O–H groups in total. The molecule has 16 heavy (non-hydrogen) atoms. The highest BCUT2D eigenvalue weighted by atomic mass is 16.5. The number of carbonyl (C=O) groups is 2. The van der Waals surface area contributed by atoms with Gasteiger partial charge in [-0.25, -0.2) is 0 Å². The monoisotopic (exact) mass is 226 g/mol. The highest BCUT2D eigenvalue weighted by Gasteiger charge is 2.52. The summed E-state index contributed by atoms with van der Waals surface area (Å²) >= 11 is 0. The Hall–Kier alpha value is -1.06. The van der Waals surface area contributed by atoms with E-state index in [4.69, 9.17) is 9.47 Å². The molecule has 4 unspecified atom stereocenters. The second kappa shape index (κ2) is 4.44. The number of methoxy groups -OCH3 is 2. The van der Waals surface area contributed by atoms with Crippen LogP contribution >= 0.6 is 0 Å². The third-order valence-corrected chi connectivity index (χ3v) is 4.10. The van der Waals surface area contributed by atoms with Crippen molar-refractivity contribution in [3.05, 3.63) is 0 Å². The lowest BCUT2D eigenvalue weighted by Crippen LogP contribution is -2.32. The van der Waals surface area contributed by atoms with Crippen molar-refractivity contribution in [1.29, 1.82) is 0 Å². The van der Waals surface area contributed by atoms with E-state index in [-0.39, 0.29) is 23.8 Å². The Morgan fingerprint density at radius 3 is 1.75 bits per heavy atom. The van der Waals surface area contributed by atoms with Crippen LogP contribution in [0, 0.1) is 23.7 Å². The summed E-state index contributed by atoms with van der Waals surface area (Å²) in [7, 11) is 2.78. The molecule has 0 saturated heterocycles. The molecule has 4 nitrogen and oxygen atoms in total. The van der Waals surface area contributed by atoms with Gasteiger partial charge in [-0.05, 0) is 31.1 Å². The van der Waals surface area contributed by atoms with Crippen LogP contribution in [-0.4, -0.2) is 26.2 Å². The summed E-state index contributed by atoms with van der Waals surface area (Å²) in [6, 6.07) is 0. The number of ether oxygens (including phenoxy) is 2. The molecule has 0 aromatic heterocycles. The van der Waals surface area contributed by atoms with Crippen LogP contribution in [0.25, 0.3) is 0 Å². The van der Waals surface area contributed by atoms with Crippen molar-refractivity contribution in [2.75, 3.05) is 14.2 Å². The van der Waals surface area contributed by atoms with E-state index in [9.17, 15) is 9.59 Å². The van der Waals surface area contributed by atoms with E-state index in [2.05, 4.69) is 0 Å². The predicted octanol–water partition coefficient (Wildman–Crippen LogP) is 1.38. The van der Waals surface area contributed by atoms with Gasteiger partial charge in [-0.3, -0.25) is 9.59 Å². The molecule has 2 bridgehead atoms. The lowest BCUT2D eigenvalue weighted by Gasteiger charge is -2.19. The number of carbonyl (C=O) groups excluding carboxylic acids is 2. The molecule has 90 valence electrons. The molecule has 2 fully saturated rings. The first kappa shape index (κ1) is 11.4. The molecule has 2 saturated carbocycles. The van der Waals surface area contributed by atoms with Crippen LogP contribution in [0.4, 0.5) is 0 Å². The van der Waals surface area contributed by atoms with E-state index in [1.807, 2.05) is 0 Å². The minimum atomic E-state index is -0.273. The molecule has 0 radical (unpaired) electrons. The molecular weight excluding hydrogens is 208 g/mol. The molecule has 2 aliphatic rings. The van der Waals surface area contributed by atoms with Crippen LogP contribution in [0.3, 0.4) is 0 Å². The van der Waals surface area contributed by atoms with Gasteiger partial charge in [0.15, 0.2) is 0 Å². The Morgan fingerprint density at radius 1 is 0.938 bits per heavy atom. The second-order valence-corrected chi connectivity index (χ2v) is 4.78. The summed E-state index contributed by atoms with van der Waals surface area (Å²) in [4.78, 5) is 23.5. The van der Waals surface area contributed by atoms with E-state index in [1.165, 1.54) is 14.2 Å². The van der Waals surface area contributed by atoms with Crippen molar-refractivity contribution in [2.45, 2.75) is 25.7 Å². The van der Waals surface area contributed by atoms with Crippen LogP contribution < -0.4 is 0 Å². The van der Waals surface area contributed by atoms with Gasteiger partial charge in [0.25, 0.3) is 0 Å². The van der Waals surface area contributed by atoms with Crippen LogP contribution in [0.5, 0.6) is 0 Å². The van der Waals surface area contributed by atoms with Crippen molar-refractivity contribution >= 4 is 11.9 Å². The fraction of sp³-hybridized carbons (Fsp3) is 0.833. The number of rotatable bonds is 2. The molecule has 0 heterocycles. The summed E-state index contributed by atoms with van der Waals surface area (Å²) in [6.07, 6.45) is 4.14. The van der Waals surface area contributed by atoms with Crippen molar-refractivity contribution in [2.24, 2.45) is 23.7 Å². The minimum Gasteiger partial charge on any atom is -0.469 e. The highest BCUT2D eigenvalue weighted by molar-refractivity contribution is 5.83. The molecular formula is C12H18O4. The molecule has 0 amide bonds. The first-order chi connectivity index (χ1) is 7.69. The molecule has 2 rings (SSSR count). The van der Waals surface area contributed by atoms with Crippen LogP contribution in [0.1, 0.15) is 25.7 Å². The van der Waals surface area contributed by atoms with Crippen molar-refractivity contribution < 1.29 is 19.1 Å². The molecule has 0 aromatic carbocycles. The fourth-order valence-electron chi connectivity index (χ4n) is 3.46.